The van der Waals surface area contributed by atoms with Gasteiger partial charge in [-0.05, 0) is 38.9 Å². The highest BCUT2D eigenvalue weighted by atomic mass is 16.2. The Hall–Kier alpha value is -1.61. The van der Waals surface area contributed by atoms with Gasteiger partial charge in [-0.2, -0.15) is 0 Å². The number of piperidine rings is 1. The van der Waals surface area contributed by atoms with E-state index in [1.54, 1.807) is 0 Å². The first-order chi connectivity index (χ1) is 8.83. The fourth-order valence-electron chi connectivity index (χ4n) is 2.97. The maximum atomic E-state index is 12.5. The molecule has 2 aliphatic heterocycles. The zero-order valence-corrected chi connectivity index (χ0v) is 10.6. The number of benzene rings is 1. The summed E-state index contributed by atoms with van der Waals surface area (Å²) < 4.78 is 0. The molecule has 1 N–H and O–H groups in total. The summed E-state index contributed by atoms with van der Waals surface area (Å²) in [6.45, 7) is 3.94. The third-order valence-corrected chi connectivity index (χ3v) is 3.87. The molecule has 0 unspecified atom stereocenters. The molecule has 1 aromatic rings. The Balaban J connectivity index is 2.02. The minimum atomic E-state index is 0.172. The standard InChI is InChI=1S/C15H18N2O/c1-2-12-13-5-3-4-6-14(13)17(15(12)18)11-7-9-16-10-8-11/h2-6,11,16H,7-10H2,1H3/b12-2-. The molecule has 1 saturated heterocycles. The lowest BCUT2D eigenvalue weighted by Gasteiger charge is -2.31. The van der Waals surface area contributed by atoms with E-state index in [9.17, 15) is 4.79 Å². The van der Waals surface area contributed by atoms with Gasteiger partial charge in [-0.3, -0.25) is 4.79 Å². The summed E-state index contributed by atoms with van der Waals surface area (Å²) in [7, 11) is 0. The molecule has 3 rings (SSSR count). The zero-order valence-electron chi connectivity index (χ0n) is 10.6. The van der Waals surface area contributed by atoms with Crippen LogP contribution in [0, 0.1) is 0 Å². The lowest BCUT2D eigenvalue weighted by Crippen LogP contribution is -2.44. The van der Waals surface area contributed by atoms with Gasteiger partial charge in [0.1, 0.15) is 0 Å². The van der Waals surface area contributed by atoms with Gasteiger partial charge in [0.15, 0.2) is 0 Å². The highest BCUT2D eigenvalue weighted by Crippen LogP contribution is 2.38. The Kier molecular flexibility index (Phi) is 2.92. The smallest absolute Gasteiger partial charge is 0.258 e. The minimum absolute atomic E-state index is 0.172. The first kappa shape index (κ1) is 11.5. The summed E-state index contributed by atoms with van der Waals surface area (Å²) in [6, 6.07) is 8.47. The molecule has 0 spiro atoms. The van der Waals surface area contributed by atoms with E-state index in [2.05, 4.69) is 11.4 Å². The molecule has 0 aliphatic carbocycles. The number of hydrogen-bond acceptors (Lipinski definition) is 2. The summed E-state index contributed by atoms with van der Waals surface area (Å²) in [6.07, 6.45) is 4.01. The summed E-state index contributed by atoms with van der Waals surface area (Å²) >= 11 is 0. The number of hydrogen-bond donors (Lipinski definition) is 1. The van der Waals surface area contributed by atoms with Crippen LogP contribution >= 0.6 is 0 Å². The van der Waals surface area contributed by atoms with Crippen LogP contribution in [0.2, 0.25) is 0 Å². The van der Waals surface area contributed by atoms with E-state index in [0.717, 1.165) is 42.8 Å². The van der Waals surface area contributed by atoms with Crippen molar-refractivity contribution in [1.82, 2.24) is 5.32 Å². The molecule has 3 heteroatoms. The van der Waals surface area contributed by atoms with Crippen LogP contribution in [0.1, 0.15) is 25.3 Å². The Labute approximate surface area is 107 Å². The first-order valence-electron chi connectivity index (χ1n) is 6.63. The van der Waals surface area contributed by atoms with Crippen LogP contribution in [0.5, 0.6) is 0 Å². The average Bonchev–Trinajstić information content (AvgIpc) is 2.71. The van der Waals surface area contributed by atoms with Crippen molar-refractivity contribution in [2.75, 3.05) is 18.0 Å². The molecule has 1 amide bonds. The van der Waals surface area contributed by atoms with Gasteiger partial charge in [-0.25, -0.2) is 0 Å². The SMILES string of the molecule is C/C=C1\C(=O)N(C2CCNCC2)c2ccccc21. The molecule has 0 aromatic heterocycles. The molecule has 3 nitrogen and oxygen atoms in total. The number of carbonyl (C=O) groups excluding carboxylic acids is 1. The van der Waals surface area contributed by atoms with E-state index in [-0.39, 0.29) is 5.91 Å². The number of nitrogens with one attached hydrogen (secondary N) is 1. The first-order valence-corrected chi connectivity index (χ1v) is 6.63. The van der Waals surface area contributed by atoms with E-state index >= 15 is 0 Å². The van der Waals surface area contributed by atoms with Gasteiger partial charge in [0.05, 0.1) is 5.69 Å². The molecule has 2 heterocycles. The lowest BCUT2D eigenvalue weighted by atomic mass is 10.0. The summed E-state index contributed by atoms with van der Waals surface area (Å²) in [5.41, 5.74) is 3.02. The number of anilines is 1. The second-order valence-corrected chi connectivity index (χ2v) is 4.88. The summed E-state index contributed by atoms with van der Waals surface area (Å²) in [4.78, 5) is 14.5. The van der Waals surface area contributed by atoms with Crippen molar-refractivity contribution in [2.45, 2.75) is 25.8 Å². The van der Waals surface area contributed by atoms with Crippen LogP contribution in [0.4, 0.5) is 5.69 Å². The van der Waals surface area contributed by atoms with Crippen LogP contribution in [0.15, 0.2) is 30.3 Å². The van der Waals surface area contributed by atoms with Gasteiger partial charge in [-0.1, -0.05) is 24.3 Å². The number of rotatable bonds is 1. The monoisotopic (exact) mass is 242 g/mol. The molecule has 1 fully saturated rings. The normalized spacial score (nSPS) is 22.6. The van der Waals surface area contributed by atoms with Crippen molar-refractivity contribution >= 4 is 17.2 Å². The predicted octanol–water partition coefficient (Wildman–Crippen LogP) is 2.19. The van der Waals surface area contributed by atoms with Crippen molar-refractivity contribution < 1.29 is 4.79 Å². The number of fused-ring (bicyclic) bond motifs is 1. The highest BCUT2D eigenvalue weighted by Gasteiger charge is 2.36. The lowest BCUT2D eigenvalue weighted by molar-refractivity contribution is -0.113. The van der Waals surface area contributed by atoms with Gasteiger partial charge >= 0.3 is 0 Å². The number of allylic oxidation sites excluding steroid dienone is 1. The highest BCUT2D eigenvalue weighted by molar-refractivity contribution is 6.32. The topological polar surface area (TPSA) is 32.3 Å². The average molecular weight is 242 g/mol. The number of para-hydroxylation sites is 1. The maximum Gasteiger partial charge on any atom is 0.258 e. The van der Waals surface area contributed by atoms with Gasteiger partial charge in [0.25, 0.3) is 5.91 Å². The van der Waals surface area contributed by atoms with Gasteiger partial charge in [0.2, 0.25) is 0 Å². The molecule has 0 bridgehead atoms. The molecule has 94 valence electrons. The fraction of sp³-hybridized carbons (Fsp3) is 0.400. The van der Waals surface area contributed by atoms with Gasteiger partial charge in [0, 0.05) is 17.2 Å². The molecule has 2 aliphatic rings. The molecule has 18 heavy (non-hydrogen) atoms. The van der Waals surface area contributed by atoms with E-state index < -0.39 is 0 Å². The van der Waals surface area contributed by atoms with E-state index in [4.69, 9.17) is 0 Å². The summed E-state index contributed by atoms with van der Waals surface area (Å²) in [5.74, 6) is 0.172. The van der Waals surface area contributed by atoms with Crippen LogP contribution in [0.25, 0.3) is 5.57 Å². The number of carbonyl (C=O) groups is 1. The fourth-order valence-corrected chi connectivity index (χ4v) is 2.97. The van der Waals surface area contributed by atoms with Crippen LogP contribution in [0.3, 0.4) is 0 Å². The Morgan fingerprint density at radius 3 is 2.72 bits per heavy atom. The van der Waals surface area contributed by atoms with Gasteiger partial charge < -0.3 is 10.2 Å². The van der Waals surface area contributed by atoms with Crippen LogP contribution < -0.4 is 10.2 Å². The molecule has 1 aromatic carbocycles. The Morgan fingerprint density at radius 2 is 2.00 bits per heavy atom. The number of nitrogens with zero attached hydrogens (tertiary/aromatic N) is 1. The van der Waals surface area contributed by atoms with Crippen molar-refractivity contribution in [1.29, 1.82) is 0 Å². The summed E-state index contributed by atoms with van der Waals surface area (Å²) in [5, 5.41) is 3.35. The Bertz CT molecular complexity index is 501. The second kappa shape index (κ2) is 4.58. The van der Waals surface area contributed by atoms with Crippen molar-refractivity contribution in [3.63, 3.8) is 0 Å². The Morgan fingerprint density at radius 1 is 1.28 bits per heavy atom. The van der Waals surface area contributed by atoms with Crippen molar-refractivity contribution in [2.24, 2.45) is 0 Å². The van der Waals surface area contributed by atoms with E-state index in [0.29, 0.717) is 6.04 Å². The van der Waals surface area contributed by atoms with Crippen molar-refractivity contribution in [3.05, 3.63) is 35.9 Å². The maximum absolute atomic E-state index is 12.5. The molecular formula is C15H18N2O. The molecule has 0 radical (unpaired) electrons. The third kappa shape index (κ3) is 1.66. The quantitative estimate of drug-likeness (QED) is 0.766. The van der Waals surface area contributed by atoms with Crippen LogP contribution in [-0.2, 0) is 4.79 Å². The van der Waals surface area contributed by atoms with E-state index in [1.807, 2.05) is 36.1 Å². The molecule has 0 atom stereocenters. The van der Waals surface area contributed by atoms with Crippen molar-refractivity contribution in [3.8, 4) is 0 Å². The minimum Gasteiger partial charge on any atom is -0.317 e. The third-order valence-electron chi connectivity index (χ3n) is 3.87. The largest absolute Gasteiger partial charge is 0.317 e. The van der Waals surface area contributed by atoms with E-state index in [1.165, 1.54) is 0 Å². The predicted molar refractivity (Wildman–Crippen MR) is 73.5 cm³/mol. The number of amides is 1. The molecule has 0 saturated carbocycles. The second-order valence-electron chi connectivity index (χ2n) is 4.88. The van der Waals surface area contributed by atoms with Crippen LogP contribution in [-0.4, -0.2) is 25.0 Å². The van der Waals surface area contributed by atoms with Gasteiger partial charge in [-0.15, -0.1) is 0 Å². The molecular weight excluding hydrogens is 224 g/mol. The zero-order chi connectivity index (χ0) is 12.5.